The quantitative estimate of drug-likeness (QED) is 0.814. The van der Waals surface area contributed by atoms with Crippen molar-refractivity contribution in [1.82, 2.24) is 20.3 Å². The number of carbonyl (C=O) groups is 1. The molecule has 0 aromatic carbocycles. The van der Waals surface area contributed by atoms with Gasteiger partial charge in [-0.3, -0.25) is 4.79 Å². The highest BCUT2D eigenvalue weighted by Gasteiger charge is 2.09. The number of hydrogen-bond donors (Lipinski definition) is 2. The number of thiazole rings is 1. The molecule has 2 N–H and O–H groups in total. The third-order valence-electron chi connectivity index (χ3n) is 3.14. The Morgan fingerprint density at radius 3 is 2.57 bits per heavy atom. The van der Waals surface area contributed by atoms with Crippen molar-refractivity contribution >= 4 is 28.3 Å². The Bertz CT molecular complexity index is 648. The van der Waals surface area contributed by atoms with Crippen LogP contribution in [0.2, 0.25) is 0 Å². The van der Waals surface area contributed by atoms with Gasteiger partial charge in [-0.1, -0.05) is 13.8 Å². The largest absolute Gasteiger partial charge is 0.356 e. The normalized spacial score (nSPS) is 10.8. The number of nitrogens with zero attached hydrogens (tertiary/aromatic N) is 3. The third kappa shape index (κ3) is 5.94. The van der Waals surface area contributed by atoms with Crippen LogP contribution in [0.15, 0.2) is 11.4 Å². The zero-order chi connectivity index (χ0) is 16.8. The van der Waals surface area contributed by atoms with E-state index in [2.05, 4.69) is 39.4 Å². The van der Waals surface area contributed by atoms with E-state index in [1.807, 2.05) is 25.3 Å². The van der Waals surface area contributed by atoms with Gasteiger partial charge in [-0.25, -0.2) is 15.0 Å². The predicted octanol–water partition coefficient (Wildman–Crippen LogP) is 3.00. The number of anilines is 2. The molecule has 1 amide bonds. The smallest absolute Gasteiger partial charge is 0.229 e. The summed E-state index contributed by atoms with van der Waals surface area (Å²) in [5, 5.41) is 8.58. The Hall–Kier alpha value is -2.02. The molecule has 0 unspecified atom stereocenters. The van der Waals surface area contributed by atoms with Gasteiger partial charge in [0.1, 0.15) is 0 Å². The van der Waals surface area contributed by atoms with Crippen LogP contribution in [0, 0.1) is 19.8 Å². The van der Waals surface area contributed by atoms with Crippen LogP contribution < -0.4 is 10.6 Å². The molecule has 2 aromatic rings. The summed E-state index contributed by atoms with van der Waals surface area (Å²) < 4.78 is 0. The molecule has 7 heteroatoms. The molecule has 0 radical (unpaired) electrons. The minimum Gasteiger partial charge on any atom is -0.356 e. The van der Waals surface area contributed by atoms with Crippen molar-refractivity contribution in [2.45, 2.75) is 40.5 Å². The van der Waals surface area contributed by atoms with Crippen molar-refractivity contribution in [3.63, 3.8) is 0 Å². The van der Waals surface area contributed by atoms with Crippen LogP contribution in [-0.2, 0) is 11.2 Å². The van der Waals surface area contributed by atoms with Crippen molar-refractivity contribution in [3.05, 3.63) is 28.5 Å². The van der Waals surface area contributed by atoms with Gasteiger partial charge in [-0.05, 0) is 32.3 Å². The van der Waals surface area contributed by atoms with Crippen molar-refractivity contribution in [3.8, 4) is 0 Å². The summed E-state index contributed by atoms with van der Waals surface area (Å²) in [6, 6.07) is 1.92. The molecule has 0 saturated heterocycles. The van der Waals surface area contributed by atoms with E-state index in [0.29, 0.717) is 30.0 Å². The maximum Gasteiger partial charge on any atom is 0.229 e. The molecule has 0 fully saturated rings. The maximum atomic E-state index is 11.9. The lowest BCUT2D eigenvalue weighted by Gasteiger charge is -2.06. The monoisotopic (exact) mass is 333 g/mol. The number of carbonyl (C=O) groups excluding carboxylic acids is 1. The number of rotatable bonds is 7. The van der Waals surface area contributed by atoms with Crippen molar-refractivity contribution in [1.29, 1.82) is 0 Å². The standard InChI is InChI=1S/C16H23N5OS/c1-10(2)5-6-17-14(22)8-13-9-23-16(20-13)21-15-18-11(3)7-12(4)19-15/h7,9-10H,5-6,8H2,1-4H3,(H,17,22)(H,18,19,20,21). The van der Waals surface area contributed by atoms with Crippen molar-refractivity contribution in [2.24, 2.45) is 5.92 Å². The lowest BCUT2D eigenvalue weighted by atomic mass is 10.1. The average molecular weight is 333 g/mol. The predicted molar refractivity (Wildman–Crippen MR) is 93.1 cm³/mol. The van der Waals surface area contributed by atoms with Crippen LogP contribution >= 0.6 is 11.3 Å². The van der Waals surface area contributed by atoms with Crippen LogP contribution in [0.1, 0.15) is 37.4 Å². The molecule has 23 heavy (non-hydrogen) atoms. The first-order chi connectivity index (χ1) is 10.9. The Morgan fingerprint density at radius 1 is 1.22 bits per heavy atom. The summed E-state index contributed by atoms with van der Waals surface area (Å²) in [6.07, 6.45) is 1.28. The van der Waals surface area contributed by atoms with E-state index in [0.717, 1.165) is 23.5 Å². The number of amides is 1. The van der Waals surface area contributed by atoms with Crippen LogP contribution in [0.25, 0.3) is 0 Å². The van der Waals surface area contributed by atoms with E-state index in [-0.39, 0.29) is 5.91 Å². The Morgan fingerprint density at radius 2 is 1.91 bits per heavy atom. The van der Waals surface area contributed by atoms with Gasteiger partial charge < -0.3 is 10.6 Å². The van der Waals surface area contributed by atoms with Gasteiger partial charge in [0.05, 0.1) is 12.1 Å². The molecule has 0 aliphatic rings. The third-order valence-corrected chi connectivity index (χ3v) is 3.94. The molecule has 2 heterocycles. The Kier molecular flexibility index (Phi) is 6.04. The number of aromatic nitrogens is 3. The SMILES string of the molecule is Cc1cc(C)nc(Nc2nc(CC(=O)NCCC(C)C)cs2)n1. The number of hydrogen-bond acceptors (Lipinski definition) is 6. The molecule has 0 bridgehead atoms. The lowest BCUT2D eigenvalue weighted by Crippen LogP contribution is -2.26. The summed E-state index contributed by atoms with van der Waals surface area (Å²) in [5.41, 5.74) is 2.56. The molecule has 2 aromatic heterocycles. The first-order valence-electron chi connectivity index (χ1n) is 7.73. The Balaban J connectivity index is 1.89. The number of aryl methyl sites for hydroxylation is 2. The molecule has 0 spiro atoms. The molecule has 0 aliphatic carbocycles. The molecule has 0 atom stereocenters. The topological polar surface area (TPSA) is 79.8 Å². The van der Waals surface area contributed by atoms with Gasteiger partial charge >= 0.3 is 0 Å². The van der Waals surface area contributed by atoms with E-state index in [9.17, 15) is 4.79 Å². The van der Waals surface area contributed by atoms with Crippen LogP contribution in [0.4, 0.5) is 11.1 Å². The van der Waals surface area contributed by atoms with Crippen LogP contribution in [-0.4, -0.2) is 27.4 Å². The maximum absolute atomic E-state index is 11.9. The number of nitrogens with one attached hydrogen (secondary N) is 2. The van der Waals surface area contributed by atoms with E-state index < -0.39 is 0 Å². The minimum absolute atomic E-state index is 0.00477. The van der Waals surface area contributed by atoms with Gasteiger partial charge in [0.2, 0.25) is 11.9 Å². The van der Waals surface area contributed by atoms with Crippen molar-refractivity contribution < 1.29 is 4.79 Å². The van der Waals surface area contributed by atoms with Crippen molar-refractivity contribution in [2.75, 3.05) is 11.9 Å². The van der Waals surface area contributed by atoms with E-state index in [1.54, 1.807) is 0 Å². The molecule has 0 saturated carbocycles. The first kappa shape index (κ1) is 17.3. The fraction of sp³-hybridized carbons (Fsp3) is 0.500. The summed E-state index contributed by atoms with van der Waals surface area (Å²) in [7, 11) is 0. The summed E-state index contributed by atoms with van der Waals surface area (Å²) >= 11 is 1.44. The van der Waals surface area contributed by atoms with E-state index >= 15 is 0 Å². The van der Waals surface area contributed by atoms with Gasteiger partial charge in [0.15, 0.2) is 5.13 Å². The Labute approximate surface area is 140 Å². The van der Waals surface area contributed by atoms with Crippen LogP contribution in [0.5, 0.6) is 0 Å². The zero-order valence-electron chi connectivity index (χ0n) is 14.0. The zero-order valence-corrected chi connectivity index (χ0v) is 14.8. The van der Waals surface area contributed by atoms with E-state index in [1.165, 1.54) is 11.3 Å². The fourth-order valence-electron chi connectivity index (χ4n) is 2.05. The molecule has 124 valence electrons. The second kappa shape index (κ2) is 8.01. The van der Waals surface area contributed by atoms with Gasteiger partial charge in [0, 0.05) is 23.3 Å². The summed E-state index contributed by atoms with van der Waals surface area (Å²) in [4.78, 5) is 24.9. The van der Waals surface area contributed by atoms with E-state index in [4.69, 9.17) is 0 Å². The average Bonchev–Trinajstić information content (AvgIpc) is 2.84. The highest BCUT2D eigenvalue weighted by Crippen LogP contribution is 2.19. The highest BCUT2D eigenvalue weighted by atomic mass is 32.1. The molecular weight excluding hydrogens is 310 g/mol. The van der Waals surface area contributed by atoms with Crippen LogP contribution in [0.3, 0.4) is 0 Å². The molecule has 2 rings (SSSR count). The molecule has 0 aliphatic heterocycles. The highest BCUT2D eigenvalue weighted by molar-refractivity contribution is 7.13. The lowest BCUT2D eigenvalue weighted by molar-refractivity contribution is -0.120. The summed E-state index contributed by atoms with van der Waals surface area (Å²) in [5.74, 6) is 1.12. The minimum atomic E-state index is 0.00477. The van der Waals surface area contributed by atoms with Gasteiger partial charge in [-0.15, -0.1) is 11.3 Å². The summed E-state index contributed by atoms with van der Waals surface area (Å²) in [6.45, 7) is 8.84. The van der Waals surface area contributed by atoms with Gasteiger partial charge in [-0.2, -0.15) is 0 Å². The first-order valence-corrected chi connectivity index (χ1v) is 8.60. The fourth-order valence-corrected chi connectivity index (χ4v) is 2.75. The van der Waals surface area contributed by atoms with Gasteiger partial charge in [0.25, 0.3) is 0 Å². The second-order valence-corrected chi connectivity index (χ2v) is 6.81. The second-order valence-electron chi connectivity index (χ2n) is 5.95. The molecule has 6 nitrogen and oxygen atoms in total. The molecular formula is C16H23N5OS.